The molecule has 0 radical (unpaired) electrons. The number of aromatic nitrogens is 2. The van der Waals surface area contributed by atoms with Crippen LogP contribution >= 0.6 is 0 Å². The molecule has 1 amide bonds. The average Bonchev–Trinajstić information content (AvgIpc) is 2.75. The highest BCUT2D eigenvalue weighted by Crippen LogP contribution is 2.27. The zero-order valence-electron chi connectivity index (χ0n) is 15.5. The maximum absolute atomic E-state index is 13.0. The van der Waals surface area contributed by atoms with Gasteiger partial charge in [-0.15, -0.1) is 0 Å². The lowest BCUT2D eigenvalue weighted by Gasteiger charge is -2.29. The number of amides is 1. The van der Waals surface area contributed by atoms with Crippen molar-refractivity contribution >= 4 is 11.6 Å². The predicted octanol–water partition coefficient (Wildman–Crippen LogP) is 2.92. The van der Waals surface area contributed by atoms with Crippen molar-refractivity contribution in [3.8, 4) is 5.75 Å². The Hall–Kier alpha value is -3.41. The number of ether oxygens (including phenoxy) is 1. The number of carbonyl (C=O) groups excluding carboxylic acids is 1. The van der Waals surface area contributed by atoms with Crippen LogP contribution in [-0.2, 0) is 13.0 Å². The molecule has 0 spiro atoms. The molecule has 6 nitrogen and oxygen atoms in total. The first-order valence-electron chi connectivity index (χ1n) is 9.38. The van der Waals surface area contributed by atoms with Crippen LogP contribution in [0.1, 0.15) is 22.5 Å². The standard InChI is InChI=1S/C22H21N3O3/c26-21-13-12-19(23-25(21)15-16-28-18-9-2-1-3-10-18)22(27)24-14-6-8-17-7-4-5-11-20(17)24/h1-5,7,9-13H,6,8,14-16H2. The lowest BCUT2D eigenvalue weighted by molar-refractivity contribution is 0.0977. The van der Waals surface area contributed by atoms with Gasteiger partial charge in [0.05, 0.1) is 6.54 Å². The zero-order chi connectivity index (χ0) is 19.3. The van der Waals surface area contributed by atoms with E-state index in [0.29, 0.717) is 13.2 Å². The largest absolute Gasteiger partial charge is 0.492 e. The van der Waals surface area contributed by atoms with Gasteiger partial charge in [-0.1, -0.05) is 36.4 Å². The highest BCUT2D eigenvalue weighted by Gasteiger charge is 2.24. The van der Waals surface area contributed by atoms with Crippen molar-refractivity contribution in [1.82, 2.24) is 9.78 Å². The molecule has 28 heavy (non-hydrogen) atoms. The van der Waals surface area contributed by atoms with Gasteiger partial charge in [-0.3, -0.25) is 9.59 Å². The molecule has 0 bridgehead atoms. The highest BCUT2D eigenvalue weighted by molar-refractivity contribution is 6.05. The second kappa shape index (κ2) is 8.08. The van der Waals surface area contributed by atoms with Gasteiger partial charge in [0.15, 0.2) is 0 Å². The molecular weight excluding hydrogens is 354 g/mol. The summed E-state index contributed by atoms with van der Waals surface area (Å²) >= 11 is 0. The van der Waals surface area contributed by atoms with Gasteiger partial charge in [-0.05, 0) is 42.7 Å². The first-order chi connectivity index (χ1) is 13.7. The maximum atomic E-state index is 13.0. The van der Waals surface area contributed by atoms with Gasteiger partial charge in [-0.25, -0.2) is 4.68 Å². The van der Waals surface area contributed by atoms with Crippen LogP contribution in [0, 0.1) is 0 Å². The Morgan fingerprint density at radius 2 is 1.79 bits per heavy atom. The Morgan fingerprint density at radius 1 is 1.00 bits per heavy atom. The lowest BCUT2D eigenvalue weighted by Crippen LogP contribution is -2.37. The van der Waals surface area contributed by atoms with E-state index in [1.54, 1.807) is 4.90 Å². The van der Waals surface area contributed by atoms with Crippen LogP contribution < -0.4 is 15.2 Å². The number of hydrogen-bond donors (Lipinski definition) is 0. The highest BCUT2D eigenvalue weighted by atomic mass is 16.5. The van der Waals surface area contributed by atoms with Crippen LogP contribution in [-0.4, -0.2) is 28.8 Å². The van der Waals surface area contributed by atoms with Crippen LogP contribution in [0.25, 0.3) is 0 Å². The molecule has 3 aromatic rings. The van der Waals surface area contributed by atoms with E-state index in [-0.39, 0.29) is 23.7 Å². The molecule has 0 saturated heterocycles. The van der Waals surface area contributed by atoms with Crippen LogP contribution in [0.5, 0.6) is 5.75 Å². The van der Waals surface area contributed by atoms with Crippen molar-refractivity contribution in [2.24, 2.45) is 0 Å². The van der Waals surface area contributed by atoms with E-state index < -0.39 is 0 Å². The summed E-state index contributed by atoms with van der Waals surface area (Å²) in [5.74, 6) is 0.539. The molecule has 1 aromatic heterocycles. The number of benzene rings is 2. The van der Waals surface area contributed by atoms with Gasteiger partial charge < -0.3 is 9.64 Å². The first-order valence-corrected chi connectivity index (χ1v) is 9.38. The summed E-state index contributed by atoms with van der Waals surface area (Å²) < 4.78 is 6.92. The number of fused-ring (bicyclic) bond motifs is 1. The van der Waals surface area contributed by atoms with Crippen LogP contribution in [0.15, 0.2) is 71.5 Å². The summed E-state index contributed by atoms with van der Waals surface area (Å²) in [5, 5.41) is 4.28. The van der Waals surface area contributed by atoms with Crippen molar-refractivity contribution in [3.05, 3.63) is 88.3 Å². The van der Waals surface area contributed by atoms with Gasteiger partial charge in [0, 0.05) is 18.3 Å². The summed E-state index contributed by atoms with van der Waals surface area (Å²) in [7, 11) is 0. The molecule has 0 fully saturated rings. The molecule has 4 rings (SSSR count). The maximum Gasteiger partial charge on any atom is 0.278 e. The molecule has 1 aliphatic heterocycles. The van der Waals surface area contributed by atoms with Crippen molar-refractivity contribution in [2.45, 2.75) is 19.4 Å². The molecule has 0 atom stereocenters. The molecule has 6 heteroatoms. The number of nitrogens with zero attached hydrogens (tertiary/aromatic N) is 3. The summed E-state index contributed by atoms with van der Waals surface area (Å²) in [6, 6.07) is 20.2. The first kappa shape index (κ1) is 18.0. The predicted molar refractivity (Wildman–Crippen MR) is 107 cm³/mol. The van der Waals surface area contributed by atoms with Gasteiger partial charge in [0.2, 0.25) is 0 Å². The van der Waals surface area contributed by atoms with E-state index in [4.69, 9.17) is 4.74 Å². The topological polar surface area (TPSA) is 64.4 Å². The number of carbonyl (C=O) groups is 1. The van der Waals surface area contributed by atoms with E-state index in [1.165, 1.54) is 16.8 Å². The Balaban J connectivity index is 1.51. The quantitative estimate of drug-likeness (QED) is 0.688. The molecule has 0 N–H and O–H groups in total. The van der Waals surface area contributed by atoms with Crippen molar-refractivity contribution in [3.63, 3.8) is 0 Å². The van der Waals surface area contributed by atoms with Crippen LogP contribution in [0.2, 0.25) is 0 Å². The van der Waals surface area contributed by atoms with E-state index in [2.05, 4.69) is 5.10 Å². The number of anilines is 1. The Labute approximate surface area is 163 Å². The summed E-state index contributed by atoms with van der Waals surface area (Å²) in [4.78, 5) is 26.9. The summed E-state index contributed by atoms with van der Waals surface area (Å²) in [5.41, 5.74) is 2.08. The van der Waals surface area contributed by atoms with Gasteiger partial charge in [0.25, 0.3) is 11.5 Å². The molecule has 2 aromatic carbocycles. The third-order valence-corrected chi connectivity index (χ3v) is 4.76. The van der Waals surface area contributed by atoms with Crippen LogP contribution in [0.4, 0.5) is 5.69 Å². The number of aryl methyl sites for hydroxylation is 1. The molecule has 142 valence electrons. The van der Waals surface area contributed by atoms with E-state index in [0.717, 1.165) is 29.8 Å². The fourth-order valence-corrected chi connectivity index (χ4v) is 3.37. The summed E-state index contributed by atoms with van der Waals surface area (Å²) in [6.07, 6.45) is 1.87. The van der Waals surface area contributed by atoms with Gasteiger partial charge in [-0.2, -0.15) is 5.10 Å². The SMILES string of the molecule is O=C(c1ccc(=O)n(CCOc2ccccc2)n1)N1CCCc2ccccc21. The molecule has 0 aliphatic carbocycles. The zero-order valence-corrected chi connectivity index (χ0v) is 15.5. The number of para-hydroxylation sites is 2. The molecular formula is C22H21N3O3. The third kappa shape index (κ3) is 3.81. The molecule has 0 unspecified atom stereocenters. The normalized spacial score (nSPS) is 13.1. The molecule has 0 saturated carbocycles. The van der Waals surface area contributed by atoms with E-state index in [1.807, 2.05) is 54.6 Å². The third-order valence-electron chi connectivity index (χ3n) is 4.76. The van der Waals surface area contributed by atoms with Gasteiger partial charge in [0.1, 0.15) is 18.1 Å². The van der Waals surface area contributed by atoms with Crippen molar-refractivity contribution in [2.75, 3.05) is 18.1 Å². The Bertz CT molecular complexity index is 1030. The minimum Gasteiger partial charge on any atom is -0.492 e. The average molecular weight is 375 g/mol. The summed E-state index contributed by atoms with van der Waals surface area (Å²) in [6.45, 7) is 1.21. The molecule has 1 aliphatic rings. The van der Waals surface area contributed by atoms with Crippen LogP contribution in [0.3, 0.4) is 0 Å². The fourth-order valence-electron chi connectivity index (χ4n) is 3.37. The minimum absolute atomic E-state index is 0.190. The van der Waals surface area contributed by atoms with Gasteiger partial charge >= 0.3 is 0 Å². The molecule has 2 heterocycles. The Morgan fingerprint density at radius 3 is 2.64 bits per heavy atom. The van der Waals surface area contributed by atoms with Crippen molar-refractivity contribution < 1.29 is 9.53 Å². The number of hydrogen-bond acceptors (Lipinski definition) is 4. The minimum atomic E-state index is -0.257. The number of rotatable bonds is 5. The monoisotopic (exact) mass is 375 g/mol. The smallest absolute Gasteiger partial charge is 0.278 e. The lowest BCUT2D eigenvalue weighted by atomic mass is 10.0. The van der Waals surface area contributed by atoms with E-state index in [9.17, 15) is 9.59 Å². The second-order valence-corrected chi connectivity index (χ2v) is 6.63. The fraction of sp³-hybridized carbons (Fsp3) is 0.227. The van der Waals surface area contributed by atoms with Crippen molar-refractivity contribution in [1.29, 1.82) is 0 Å². The second-order valence-electron chi connectivity index (χ2n) is 6.63. The van der Waals surface area contributed by atoms with E-state index >= 15 is 0 Å². The Kier molecular flexibility index (Phi) is 5.19.